The first kappa shape index (κ1) is 23.8. The van der Waals surface area contributed by atoms with Gasteiger partial charge in [-0.2, -0.15) is 0 Å². The van der Waals surface area contributed by atoms with Crippen LogP contribution in [0.3, 0.4) is 0 Å². The number of carbonyl (C=O) groups is 1. The lowest BCUT2D eigenvalue weighted by atomic mass is 9.86. The number of nitrogens with two attached hydrogens (primary N) is 1. The quantitative estimate of drug-likeness (QED) is 0.542. The van der Waals surface area contributed by atoms with Crippen molar-refractivity contribution in [3.05, 3.63) is 41.0 Å². The molecular weight excluding hydrogens is 412 g/mol. The van der Waals surface area contributed by atoms with Crippen LogP contribution in [0.1, 0.15) is 51.4 Å². The number of benzene rings is 1. The van der Waals surface area contributed by atoms with Crippen molar-refractivity contribution in [3.63, 3.8) is 0 Å². The molecule has 0 spiro atoms. The van der Waals surface area contributed by atoms with Crippen molar-refractivity contribution in [2.45, 2.75) is 71.5 Å². The average Bonchev–Trinajstić information content (AvgIpc) is 3.31. The van der Waals surface area contributed by atoms with Crippen LogP contribution in [0.2, 0.25) is 0 Å². The van der Waals surface area contributed by atoms with Gasteiger partial charge in [0.1, 0.15) is 6.23 Å². The van der Waals surface area contributed by atoms with E-state index in [1.807, 2.05) is 64.4 Å². The topological polar surface area (TPSA) is 112 Å². The Morgan fingerprint density at radius 3 is 2.52 bits per heavy atom. The molecule has 8 heteroatoms. The Labute approximate surface area is 188 Å². The van der Waals surface area contributed by atoms with Crippen molar-refractivity contribution >= 4 is 17.2 Å². The van der Waals surface area contributed by atoms with E-state index in [9.17, 15) is 15.0 Å². The molecule has 2 heterocycles. The fourth-order valence-electron chi connectivity index (χ4n) is 3.94. The molecule has 5 atom stereocenters. The third-order valence-electron chi connectivity index (χ3n) is 6.06. The highest BCUT2D eigenvalue weighted by Crippen LogP contribution is 2.29. The first-order valence-electron chi connectivity index (χ1n) is 10.7. The molecule has 1 aromatic carbocycles. The van der Waals surface area contributed by atoms with Gasteiger partial charge in [0.25, 0.3) is 0 Å². The van der Waals surface area contributed by atoms with Crippen LogP contribution < -0.4 is 11.1 Å². The van der Waals surface area contributed by atoms with Gasteiger partial charge >= 0.3 is 0 Å². The minimum atomic E-state index is -1.01. The van der Waals surface area contributed by atoms with Crippen LogP contribution in [0.25, 0.3) is 10.4 Å². The zero-order valence-corrected chi connectivity index (χ0v) is 19.7. The van der Waals surface area contributed by atoms with Crippen LogP contribution in [0.5, 0.6) is 0 Å². The number of carbonyl (C=O) groups excluding carboxylic acids is 1. The molecule has 0 saturated carbocycles. The number of rotatable bonds is 6. The predicted molar refractivity (Wildman–Crippen MR) is 123 cm³/mol. The highest BCUT2D eigenvalue weighted by atomic mass is 32.1. The second kappa shape index (κ2) is 9.34. The van der Waals surface area contributed by atoms with E-state index < -0.39 is 24.4 Å². The maximum Gasteiger partial charge on any atom is 0.238 e. The summed E-state index contributed by atoms with van der Waals surface area (Å²) >= 11 is 1.61. The van der Waals surface area contributed by atoms with Gasteiger partial charge in [-0.05, 0) is 36.8 Å². The van der Waals surface area contributed by atoms with Gasteiger partial charge in [0.05, 0.1) is 34.3 Å². The zero-order valence-electron chi connectivity index (χ0n) is 18.9. The molecule has 3 rings (SSSR count). The molecule has 7 nitrogen and oxygen atoms in total. The van der Waals surface area contributed by atoms with Gasteiger partial charge in [0.15, 0.2) is 0 Å². The first-order valence-corrected chi connectivity index (χ1v) is 11.5. The molecule has 1 aliphatic heterocycles. The molecule has 1 amide bonds. The molecular formula is C23H34N4O3S. The van der Waals surface area contributed by atoms with E-state index in [4.69, 9.17) is 5.73 Å². The number of nitrogens with one attached hydrogen (secondary N) is 1. The predicted octanol–water partition coefficient (Wildman–Crippen LogP) is 2.42. The van der Waals surface area contributed by atoms with Crippen LogP contribution in [-0.4, -0.2) is 57.0 Å². The Hall–Kier alpha value is -1.84. The standard InChI is InChI=1S/C23H34N4O3S/c1-13(15-6-8-16(9-7-15)19-14(2)25-12-31-19)26-21(29)18-10-17(28)11-27(18)22(30)20(24)23(3,4)5/h6-9,12-13,17-18,20,22,28,30H,10-11,24H2,1-5H3,(H,26,29)/t13-,17-,18?,20+,22?/m0/s1. The summed E-state index contributed by atoms with van der Waals surface area (Å²) in [4.78, 5) is 20.1. The molecule has 2 unspecified atom stereocenters. The van der Waals surface area contributed by atoms with Crippen LogP contribution in [0.4, 0.5) is 0 Å². The number of amides is 1. The molecule has 31 heavy (non-hydrogen) atoms. The summed E-state index contributed by atoms with van der Waals surface area (Å²) in [6, 6.07) is 6.70. The van der Waals surface area contributed by atoms with E-state index in [1.165, 1.54) is 0 Å². The highest BCUT2D eigenvalue weighted by Gasteiger charge is 2.43. The van der Waals surface area contributed by atoms with Crippen molar-refractivity contribution < 1.29 is 15.0 Å². The van der Waals surface area contributed by atoms with Crippen molar-refractivity contribution in [2.75, 3.05) is 6.54 Å². The maximum absolute atomic E-state index is 13.0. The number of hydrogen-bond donors (Lipinski definition) is 4. The largest absolute Gasteiger partial charge is 0.392 e. The first-order chi connectivity index (χ1) is 14.5. The summed E-state index contributed by atoms with van der Waals surface area (Å²) < 4.78 is 0. The molecule has 2 aromatic rings. The summed E-state index contributed by atoms with van der Waals surface area (Å²) in [7, 11) is 0. The Kier molecular flexibility index (Phi) is 7.18. The Bertz CT molecular complexity index is 893. The summed E-state index contributed by atoms with van der Waals surface area (Å²) in [6.45, 7) is 9.98. The molecule has 1 aromatic heterocycles. The lowest BCUT2D eigenvalue weighted by molar-refractivity contribution is -0.132. The van der Waals surface area contributed by atoms with E-state index in [1.54, 1.807) is 16.2 Å². The summed E-state index contributed by atoms with van der Waals surface area (Å²) in [5.74, 6) is -0.216. The highest BCUT2D eigenvalue weighted by molar-refractivity contribution is 7.13. The summed E-state index contributed by atoms with van der Waals surface area (Å²) in [6.07, 6.45) is -1.41. The van der Waals surface area contributed by atoms with Crippen LogP contribution in [0.15, 0.2) is 29.8 Å². The molecule has 0 bridgehead atoms. The SMILES string of the molecule is Cc1ncsc1-c1ccc([C@H](C)NC(=O)C2C[C@H](O)CN2C(O)[C@@H](N)C(C)(C)C)cc1. The van der Waals surface area contributed by atoms with Crippen LogP contribution in [-0.2, 0) is 4.79 Å². The summed E-state index contributed by atoms with van der Waals surface area (Å²) in [5.41, 5.74) is 10.8. The second-order valence-electron chi connectivity index (χ2n) is 9.53. The van der Waals surface area contributed by atoms with E-state index in [2.05, 4.69) is 10.3 Å². The monoisotopic (exact) mass is 446 g/mol. The van der Waals surface area contributed by atoms with Crippen LogP contribution in [0, 0.1) is 12.3 Å². The second-order valence-corrected chi connectivity index (χ2v) is 10.4. The van der Waals surface area contributed by atoms with Gasteiger partial charge in [0, 0.05) is 12.6 Å². The third-order valence-corrected chi connectivity index (χ3v) is 7.04. The van der Waals surface area contributed by atoms with Gasteiger partial charge in [-0.15, -0.1) is 11.3 Å². The van der Waals surface area contributed by atoms with E-state index >= 15 is 0 Å². The fraction of sp³-hybridized carbons (Fsp3) is 0.565. The lowest BCUT2D eigenvalue weighted by Crippen LogP contribution is -2.57. The van der Waals surface area contributed by atoms with Gasteiger partial charge in [0.2, 0.25) is 5.91 Å². The van der Waals surface area contributed by atoms with Gasteiger partial charge in [-0.1, -0.05) is 45.0 Å². The minimum Gasteiger partial charge on any atom is -0.392 e. The third kappa shape index (κ3) is 5.32. The number of aromatic nitrogens is 1. The maximum atomic E-state index is 13.0. The van der Waals surface area contributed by atoms with Gasteiger partial charge < -0.3 is 21.3 Å². The van der Waals surface area contributed by atoms with Crippen molar-refractivity contribution in [3.8, 4) is 10.4 Å². The smallest absolute Gasteiger partial charge is 0.238 e. The van der Waals surface area contributed by atoms with Crippen LogP contribution >= 0.6 is 11.3 Å². The lowest BCUT2D eigenvalue weighted by Gasteiger charge is -2.38. The average molecular weight is 447 g/mol. The van der Waals surface area contributed by atoms with E-state index in [-0.39, 0.29) is 30.3 Å². The van der Waals surface area contributed by atoms with Crippen molar-refractivity contribution in [1.29, 1.82) is 0 Å². The number of aliphatic hydroxyl groups is 2. The van der Waals surface area contributed by atoms with Gasteiger partial charge in [-0.25, -0.2) is 4.98 Å². The van der Waals surface area contributed by atoms with Gasteiger partial charge in [-0.3, -0.25) is 9.69 Å². The van der Waals surface area contributed by atoms with E-state index in [0.29, 0.717) is 0 Å². The molecule has 0 radical (unpaired) electrons. The number of thiazole rings is 1. The number of nitrogens with zero attached hydrogens (tertiary/aromatic N) is 2. The number of aliphatic hydroxyl groups excluding tert-OH is 2. The molecule has 1 aliphatic rings. The zero-order chi connectivity index (χ0) is 22.9. The number of likely N-dealkylation sites (tertiary alicyclic amines) is 1. The Balaban J connectivity index is 1.68. The Morgan fingerprint density at radius 2 is 1.97 bits per heavy atom. The number of β-amino-alcohol motifs (C(OH)–C–C–N with tert-alkyl or cyclic N) is 1. The van der Waals surface area contributed by atoms with Crippen molar-refractivity contribution in [1.82, 2.24) is 15.2 Å². The summed E-state index contributed by atoms with van der Waals surface area (Å²) in [5, 5.41) is 24.0. The van der Waals surface area contributed by atoms with Crippen molar-refractivity contribution in [2.24, 2.45) is 11.1 Å². The van der Waals surface area contributed by atoms with E-state index in [0.717, 1.165) is 21.7 Å². The molecule has 1 fully saturated rings. The minimum absolute atomic E-state index is 0.211. The molecule has 0 aliphatic carbocycles. The fourth-order valence-corrected chi connectivity index (χ4v) is 4.75. The molecule has 5 N–H and O–H groups in total. The molecule has 170 valence electrons. The number of hydrogen-bond acceptors (Lipinski definition) is 7. The normalized spacial score (nSPS) is 22.8. The molecule has 1 saturated heterocycles. The number of aryl methyl sites for hydroxylation is 1. The Morgan fingerprint density at radius 1 is 1.32 bits per heavy atom.